The summed E-state index contributed by atoms with van der Waals surface area (Å²) in [7, 11) is 0. The van der Waals surface area contributed by atoms with Crippen LogP contribution >= 0.6 is 11.8 Å². The molecule has 0 amide bonds. The minimum atomic E-state index is -0.0899. The van der Waals surface area contributed by atoms with E-state index < -0.39 is 0 Å². The topological polar surface area (TPSA) is 78.0 Å². The van der Waals surface area contributed by atoms with Crippen LogP contribution in [0.5, 0.6) is 0 Å². The first-order chi connectivity index (χ1) is 14.1. The quantitative estimate of drug-likeness (QED) is 0.436. The molecule has 7 nitrogen and oxygen atoms in total. The van der Waals surface area contributed by atoms with Crippen LogP contribution in [0.25, 0.3) is 11.3 Å². The summed E-state index contributed by atoms with van der Waals surface area (Å²) in [5.41, 5.74) is 4.56. The average molecular weight is 407 g/mol. The lowest BCUT2D eigenvalue weighted by Gasteiger charge is -2.07. The van der Waals surface area contributed by atoms with Crippen molar-refractivity contribution in [3.8, 4) is 5.69 Å². The molecule has 4 aromatic rings. The van der Waals surface area contributed by atoms with Crippen LogP contribution in [0.15, 0.2) is 58.6 Å². The van der Waals surface area contributed by atoms with Gasteiger partial charge in [-0.15, -0.1) is 5.10 Å². The molecule has 0 N–H and O–H groups in total. The molecule has 0 bridgehead atoms. The SMILES string of the molecule is CCCCc1ccc(-n2nnnc2SCc2cc(=O)n3ccc(C)cc3n2)cc1. The Labute approximate surface area is 172 Å². The number of fused-ring (bicyclic) bond motifs is 1. The molecule has 4 rings (SSSR count). The molecular weight excluding hydrogens is 384 g/mol. The van der Waals surface area contributed by atoms with E-state index in [4.69, 9.17) is 0 Å². The lowest BCUT2D eigenvalue weighted by Crippen LogP contribution is -2.15. The summed E-state index contributed by atoms with van der Waals surface area (Å²) in [6, 6.07) is 13.7. The summed E-state index contributed by atoms with van der Waals surface area (Å²) in [5.74, 6) is 0.509. The van der Waals surface area contributed by atoms with Crippen LogP contribution in [-0.4, -0.2) is 29.6 Å². The maximum Gasteiger partial charge on any atom is 0.258 e. The third kappa shape index (κ3) is 4.37. The van der Waals surface area contributed by atoms with Gasteiger partial charge >= 0.3 is 0 Å². The van der Waals surface area contributed by atoms with Gasteiger partial charge in [-0.25, -0.2) is 4.98 Å². The van der Waals surface area contributed by atoms with Gasteiger partial charge in [-0.2, -0.15) is 4.68 Å². The molecular formula is C21H22N6OS. The molecule has 8 heteroatoms. The standard InChI is InChI=1S/C21H22N6OS/c1-3-4-5-16-6-8-18(9-7-16)27-21(23-24-25-27)29-14-17-13-20(28)26-11-10-15(2)12-19(26)22-17/h6-13H,3-5,14H2,1-2H3. The molecule has 0 atom stereocenters. The highest BCUT2D eigenvalue weighted by Gasteiger charge is 2.11. The van der Waals surface area contributed by atoms with Gasteiger partial charge in [-0.1, -0.05) is 37.2 Å². The van der Waals surface area contributed by atoms with Crippen molar-refractivity contribution in [2.24, 2.45) is 0 Å². The molecule has 0 fully saturated rings. The fourth-order valence-electron chi connectivity index (χ4n) is 3.08. The Morgan fingerprint density at radius 2 is 1.93 bits per heavy atom. The highest BCUT2D eigenvalue weighted by atomic mass is 32.2. The third-order valence-corrected chi connectivity index (χ3v) is 5.62. The van der Waals surface area contributed by atoms with Crippen molar-refractivity contribution in [1.29, 1.82) is 0 Å². The number of hydrogen-bond acceptors (Lipinski definition) is 6. The number of tetrazole rings is 1. The summed E-state index contributed by atoms with van der Waals surface area (Å²) < 4.78 is 3.26. The molecule has 0 aliphatic carbocycles. The first-order valence-electron chi connectivity index (χ1n) is 9.63. The molecule has 0 spiro atoms. The van der Waals surface area contributed by atoms with Crippen molar-refractivity contribution in [3.63, 3.8) is 0 Å². The average Bonchev–Trinajstić information content (AvgIpc) is 3.19. The first-order valence-corrected chi connectivity index (χ1v) is 10.6. The smallest absolute Gasteiger partial charge is 0.258 e. The Kier molecular flexibility index (Phi) is 5.71. The van der Waals surface area contributed by atoms with Crippen LogP contribution in [0.4, 0.5) is 0 Å². The lowest BCUT2D eigenvalue weighted by molar-refractivity contribution is 0.753. The first kappa shape index (κ1) is 19.3. The number of thioether (sulfide) groups is 1. The second kappa shape index (κ2) is 8.57. The molecule has 29 heavy (non-hydrogen) atoms. The second-order valence-electron chi connectivity index (χ2n) is 6.95. The zero-order valence-corrected chi connectivity index (χ0v) is 17.3. The van der Waals surface area contributed by atoms with Crippen LogP contribution < -0.4 is 5.56 Å². The van der Waals surface area contributed by atoms with E-state index in [2.05, 4.69) is 39.6 Å². The lowest BCUT2D eigenvalue weighted by atomic mass is 10.1. The normalized spacial score (nSPS) is 11.2. The van der Waals surface area contributed by atoms with E-state index in [9.17, 15) is 4.79 Å². The molecule has 0 saturated carbocycles. The molecule has 0 aliphatic rings. The van der Waals surface area contributed by atoms with E-state index in [1.165, 1.54) is 30.2 Å². The number of nitrogens with zero attached hydrogens (tertiary/aromatic N) is 6. The minimum absolute atomic E-state index is 0.0899. The largest absolute Gasteiger partial charge is 0.269 e. The van der Waals surface area contributed by atoms with Gasteiger partial charge < -0.3 is 0 Å². The third-order valence-electron chi connectivity index (χ3n) is 4.67. The van der Waals surface area contributed by atoms with Crippen molar-refractivity contribution in [2.45, 2.75) is 44.0 Å². The maximum absolute atomic E-state index is 12.3. The van der Waals surface area contributed by atoms with Gasteiger partial charge in [-0.05, 0) is 65.6 Å². The van der Waals surface area contributed by atoms with Crippen molar-refractivity contribution < 1.29 is 0 Å². The number of rotatable bonds is 7. The van der Waals surface area contributed by atoms with Crippen molar-refractivity contribution in [2.75, 3.05) is 0 Å². The zero-order valence-electron chi connectivity index (χ0n) is 16.4. The van der Waals surface area contributed by atoms with Gasteiger partial charge in [0.15, 0.2) is 0 Å². The van der Waals surface area contributed by atoms with Crippen molar-refractivity contribution in [3.05, 3.63) is 75.8 Å². The predicted octanol–water partition coefficient (Wildman–Crippen LogP) is 3.61. The predicted molar refractivity (Wildman–Crippen MR) is 114 cm³/mol. The van der Waals surface area contributed by atoms with Gasteiger partial charge in [0.1, 0.15) is 5.65 Å². The van der Waals surface area contributed by atoms with Crippen LogP contribution in [0.2, 0.25) is 0 Å². The van der Waals surface area contributed by atoms with E-state index >= 15 is 0 Å². The van der Waals surface area contributed by atoms with E-state index in [0.29, 0.717) is 22.3 Å². The van der Waals surface area contributed by atoms with Gasteiger partial charge in [0.2, 0.25) is 5.16 Å². The fraction of sp³-hybridized carbons (Fsp3) is 0.286. The van der Waals surface area contributed by atoms with Crippen LogP contribution in [-0.2, 0) is 12.2 Å². The van der Waals surface area contributed by atoms with Crippen LogP contribution in [0.1, 0.15) is 36.6 Å². The van der Waals surface area contributed by atoms with Crippen molar-refractivity contribution >= 4 is 17.4 Å². The Hall–Kier alpha value is -3.00. The fourth-order valence-corrected chi connectivity index (χ4v) is 3.87. The molecule has 148 valence electrons. The van der Waals surface area contributed by atoms with E-state index in [0.717, 1.165) is 17.7 Å². The number of hydrogen-bond donors (Lipinski definition) is 0. The molecule has 1 aromatic carbocycles. The number of aryl methyl sites for hydroxylation is 2. The Balaban J connectivity index is 1.52. The molecule has 0 radical (unpaired) electrons. The van der Waals surface area contributed by atoms with Crippen LogP contribution in [0, 0.1) is 6.92 Å². The van der Waals surface area contributed by atoms with Gasteiger partial charge in [-0.3, -0.25) is 9.20 Å². The van der Waals surface area contributed by atoms with E-state index in [1.54, 1.807) is 21.3 Å². The monoisotopic (exact) mass is 406 g/mol. The molecule has 0 aliphatic heterocycles. The van der Waals surface area contributed by atoms with Gasteiger partial charge in [0.25, 0.3) is 5.56 Å². The zero-order chi connectivity index (χ0) is 20.2. The number of aromatic nitrogens is 6. The summed E-state index contributed by atoms with van der Waals surface area (Å²) in [5, 5.41) is 12.7. The Bertz CT molecular complexity index is 1180. The number of pyridine rings is 1. The summed E-state index contributed by atoms with van der Waals surface area (Å²) in [6.45, 7) is 4.17. The molecule has 3 aromatic heterocycles. The second-order valence-corrected chi connectivity index (χ2v) is 7.89. The van der Waals surface area contributed by atoms with Gasteiger partial charge in [0.05, 0.1) is 11.4 Å². The van der Waals surface area contributed by atoms with E-state index in [1.807, 2.05) is 31.2 Å². The van der Waals surface area contributed by atoms with Crippen molar-refractivity contribution in [1.82, 2.24) is 29.6 Å². The Morgan fingerprint density at radius 1 is 1.10 bits per heavy atom. The van der Waals surface area contributed by atoms with Crippen LogP contribution in [0.3, 0.4) is 0 Å². The maximum atomic E-state index is 12.3. The number of benzene rings is 1. The number of unbranched alkanes of at least 4 members (excludes halogenated alkanes) is 1. The molecule has 3 heterocycles. The van der Waals surface area contributed by atoms with Gasteiger partial charge in [0, 0.05) is 18.0 Å². The summed E-state index contributed by atoms with van der Waals surface area (Å²) in [6.07, 6.45) is 5.20. The Morgan fingerprint density at radius 3 is 2.72 bits per heavy atom. The highest BCUT2D eigenvalue weighted by molar-refractivity contribution is 7.98. The molecule has 0 unspecified atom stereocenters. The summed E-state index contributed by atoms with van der Waals surface area (Å²) in [4.78, 5) is 16.9. The van der Waals surface area contributed by atoms with E-state index in [-0.39, 0.29) is 5.56 Å². The summed E-state index contributed by atoms with van der Waals surface area (Å²) >= 11 is 1.46. The minimum Gasteiger partial charge on any atom is -0.269 e. The molecule has 0 saturated heterocycles. The highest BCUT2D eigenvalue weighted by Crippen LogP contribution is 2.22.